The highest BCUT2D eigenvalue weighted by molar-refractivity contribution is 7.92. The predicted octanol–water partition coefficient (Wildman–Crippen LogP) is 2.34. The summed E-state index contributed by atoms with van der Waals surface area (Å²) < 4.78 is 35.9. The number of benzene rings is 2. The Hall–Kier alpha value is -2.45. The molecular formula is C16H16ClN3O4S. The van der Waals surface area contributed by atoms with Crippen molar-refractivity contribution in [1.82, 2.24) is 9.13 Å². The van der Waals surface area contributed by atoms with Crippen LogP contribution in [-0.4, -0.2) is 24.7 Å². The molecule has 0 radical (unpaired) electrons. The topological polar surface area (TPSA) is 82.3 Å². The minimum absolute atomic E-state index is 0.0704. The zero-order valence-corrected chi connectivity index (χ0v) is 15.4. The molecule has 0 saturated heterocycles. The first kappa shape index (κ1) is 17.4. The fourth-order valence-corrected chi connectivity index (χ4v) is 3.78. The van der Waals surface area contributed by atoms with Gasteiger partial charge in [-0.3, -0.25) is 13.9 Å². The molecule has 3 rings (SSSR count). The number of aromatic nitrogens is 2. The number of fused-ring (bicyclic) bond motifs is 1. The van der Waals surface area contributed by atoms with E-state index < -0.39 is 10.0 Å². The van der Waals surface area contributed by atoms with E-state index in [9.17, 15) is 13.2 Å². The highest BCUT2D eigenvalue weighted by atomic mass is 35.5. The molecule has 3 aromatic rings. The van der Waals surface area contributed by atoms with E-state index in [2.05, 4.69) is 4.72 Å². The summed E-state index contributed by atoms with van der Waals surface area (Å²) in [6.45, 7) is 0. The van der Waals surface area contributed by atoms with Crippen molar-refractivity contribution in [3.63, 3.8) is 0 Å². The molecule has 9 heteroatoms. The van der Waals surface area contributed by atoms with Crippen LogP contribution in [0.15, 0.2) is 46.1 Å². The van der Waals surface area contributed by atoms with Crippen LogP contribution >= 0.6 is 11.6 Å². The van der Waals surface area contributed by atoms with Crippen LogP contribution in [0.5, 0.6) is 5.75 Å². The van der Waals surface area contributed by atoms with Crippen LogP contribution in [0, 0.1) is 0 Å². The van der Waals surface area contributed by atoms with Gasteiger partial charge in [-0.25, -0.2) is 13.2 Å². The SMILES string of the molecule is COc1cc2c(cc1NS(=O)(=O)c1ccc(Cl)cc1)n(C)c(=O)n2C. The Bertz CT molecular complexity index is 1110. The van der Waals surface area contributed by atoms with E-state index in [1.165, 1.54) is 40.5 Å². The molecule has 25 heavy (non-hydrogen) atoms. The predicted molar refractivity (Wildman–Crippen MR) is 97.0 cm³/mol. The standard InChI is InChI=1S/C16H16ClN3O4S/c1-19-13-8-12(15(24-3)9-14(13)20(2)16(19)21)18-25(22,23)11-6-4-10(17)5-7-11/h4-9,18H,1-3H3. The number of anilines is 1. The van der Waals surface area contributed by atoms with Gasteiger partial charge in [-0.2, -0.15) is 0 Å². The molecule has 0 bridgehead atoms. The maximum Gasteiger partial charge on any atom is 0.328 e. The van der Waals surface area contributed by atoms with Crippen LogP contribution in [0.1, 0.15) is 0 Å². The summed E-state index contributed by atoms with van der Waals surface area (Å²) in [6.07, 6.45) is 0. The summed E-state index contributed by atoms with van der Waals surface area (Å²) in [5.41, 5.74) is 1.25. The lowest BCUT2D eigenvalue weighted by Gasteiger charge is -2.13. The molecule has 2 aromatic carbocycles. The number of hydrogen-bond acceptors (Lipinski definition) is 4. The number of imidazole rings is 1. The monoisotopic (exact) mass is 381 g/mol. The average molecular weight is 382 g/mol. The van der Waals surface area contributed by atoms with Gasteiger partial charge in [0.15, 0.2) is 0 Å². The lowest BCUT2D eigenvalue weighted by atomic mass is 10.2. The first-order valence-corrected chi connectivity index (χ1v) is 9.12. The molecule has 0 amide bonds. The van der Waals surface area contributed by atoms with E-state index in [4.69, 9.17) is 16.3 Å². The van der Waals surface area contributed by atoms with E-state index >= 15 is 0 Å². The minimum atomic E-state index is -3.83. The van der Waals surface area contributed by atoms with Gasteiger partial charge >= 0.3 is 5.69 Å². The first-order chi connectivity index (χ1) is 11.7. The third kappa shape index (κ3) is 2.98. The molecule has 0 spiro atoms. The summed E-state index contributed by atoms with van der Waals surface area (Å²) in [7, 11) is 0.863. The van der Waals surface area contributed by atoms with Gasteiger partial charge in [-0.05, 0) is 30.3 Å². The van der Waals surface area contributed by atoms with E-state index in [0.29, 0.717) is 21.8 Å². The fourth-order valence-electron chi connectivity index (χ4n) is 2.59. The van der Waals surface area contributed by atoms with Gasteiger partial charge in [0.25, 0.3) is 10.0 Å². The van der Waals surface area contributed by atoms with Crippen molar-refractivity contribution in [3.8, 4) is 5.75 Å². The summed E-state index contributed by atoms with van der Waals surface area (Å²) >= 11 is 5.80. The Balaban J connectivity index is 2.13. The third-order valence-corrected chi connectivity index (χ3v) is 5.59. The number of methoxy groups -OCH3 is 1. The molecule has 0 aliphatic rings. The molecular weight excluding hydrogens is 366 g/mol. The Morgan fingerprint density at radius 1 is 1.04 bits per heavy atom. The minimum Gasteiger partial charge on any atom is -0.494 e. The van der Waals surface area contributed by atoms with E-state index in [-0.39, 0.29) is 16.3 Å². The molecule has 0 atom stereocenters. The van der Waals surface area contributed by atoms with Crippen molar-refractivity contribution < 1.29 is 13.2 Å². The van der Waals surface area contributed by atoms with Crippen LogP contribution < -0.4 is 15.1 Å². The molecule has 132 valence electrons. The van der Waals surface area contributed by atoms with Crippen molar-refractivity contribution in [2.24, 2.45) is 14.1 Å². The van der Waals surface area contributed by atoms with Gasteiger partial charge in [0.05, 0.1) is 28.7 Å². The summed E-state index contributed by atoms with van der Waals surface area (Å²) in [5.74, 6) is 0.311. The molecule has 0 fully saturated rings. The first-order valence-electron chi connectivity index (χ1n) is 7.26. The van der Waals surface area contributed by atoms with Crippen molar-refractivity contribution >= 4 is 38.3 Å². The van der Waals surface area contributed by atoms with Crippen molar-refractivity contribution in [2.45, 2.75) is 4.90 Å². The Morgan fingerprint density at radius 2 is 1.60 bits per heavy atom. The third-order valence-electron chi connectivity index (χ3n) is 3.96. The lowest BCUT2D eigenvalue weighted by molar-refractivity contribution is 0.417. The second kappa shape index (κ2) is 6.12. The van der Waals surface area contributed by atoms with Gasteiger partial charge in [0.2, 0.25) is 0 Å². The average Bonchev–Trinajstić information content (AvgIpc) is 2.78. The second-order valence-electron chi connectivity index (χ2n) is 5.50. The van der Waals surface area contributed by atoms with Crippen LogP contribution in [-0.2, 0) is 24.1 Å². The van der Waals surface area contributed by atoms with Crippen LogP contribution in [0.4, 0.5) is 5.69 Å². The number of nitrogens with one attached hydrogen (secondary N) is 1. The summed E-state index contributed by atoms with van der Waals surface area (Å²) in [6, 6.07) is 9.01. The van der Waals surface area contributed by atoms with Crippen molar-refractivity contribution in [3.05, 3.63) is 51.9 Å². The normalized spacial score (nSPS) is 11.7. The zero-order chi connectivity index (χ0) is 18.4. The molecule has 0 saturated carbocycles. The van der Waals surface area contributed by atoms with Crippen LogP contribution in [0.2, 0.25) is 5.02 Å². The summed E-state index contributed by atoms with van der Waals surface area (Å²) in [4.78, 5) is 12.1. The maximum atomic E-state index is 12.6. The maximum absolute atomic E-state index is 12.6. The van der Waals surface area contributed by atoms with E-state index in [0.717, 1.165) is 0 Å². The van der Waals surface area contributed by atoms with Crippen molar-refractivity contribution in [1.29, 1.82) is 0 Å². The molecule has 0 unspecified atom stereocenters. The van der Waals surface area contributed by atoms with E-state index in [1.807, 2.05) is 0 Å². The number of halogens is 1. The van der Waals surface area contributed by atoms with Gasteiger partial charge < -0.3 is 4.74 Å². The largest absolute Gasteiger partial charge is 0.494 e. The number of nitrogens with zero attached hydrogens (tertiary/aromatic N) is 2. The number of sulfonamides is 1. The quantitative estimate of drug-likeness (QED) is 0.752. The zero-order valence-electron chi connectivity index (χ0n) is 13.8. The summed E-state index contributed by atoms with van der Waals surface area (Å²) in [5, 5.41) is 0.442. The molecule has 1 N–H and O–H groups in total. The molecule has 1 heterocycles. The molecule has 0 aliphatic heterocycles. The smallest absolute Gasteiger partial charge is 0.328 e. The van der Waals surface area contributed by atoms with Crippen LogP contribution in [0.3, 0.4) is 0 Å². The van der Waals surface area contributed by atoms with Gasteiger partial charge in [0.1, 0.15) is 5.75 Å². The molecule has 1 aromatic heterocycles. The number of hydrogen-bond donors (Lipinski definition) is 1. The highest BCUT2D eigenvalue weighted by Gasteiger charge is 2.19. The highest BCUT2D eigenvalue weighted by Crippen LogP contribution is 2.31. The Kier molecular flexibility index (Phi) is 4.26. The molecule has 7 nitrogen and oxygen atoms in total. The number of rotatable bonds is 4. The fraction of sp³-hybridized carbons (Fsp3) is 0.188. The Morgan fingerprint density at radius 3 is 2.16 bits per heavy atom. The number of ether oxygens (including phenoxy) is 1. The lowest BCUT2D eigenvalue weighted by Crippen LogP contribution is -2.19. The second-order valence-corrected chi connectivity index (χ2v) is 7.62. The van der Waals surface area contributed by atoms with E-state index in [1.54, 1.807) is 26.2 Å². The van der Waals surface area contributed by atoms with Gasteiger partial charge in [-0.15, -0.1) is 0 Å². The Labute approximate surface area is 149 Å². The number of aryl methyl sites for hydroxylation is 2. The van der Waals surface area contributed by atoms with Crippen LogP contribution in [0.25, 0.3) is 11.0 Å². The van der Waals surface area contributed by atoms with Gasteiger partial charge in [-0.1, -0.05) is 11.6 Å². The van der Waals surface area contributed by atoms with Crippen molar-refractivity contribution in [2.75, 3.05) is 11.8 Å². The van der Waals surface area contributed by atoms with Gasteiger partial charge in [0, 0.05) is 25.2 Å². The molecule has 0 aliphatic carbocycles.